The summed E-state index contributed by atoms with van der Waals surface area (Å²) in [7, 11) is 1.67. The summed E-state index contributed by atoms with van der Waals surface area (Å²) >= 11 is 5.20. The lowest BCUT2D eigenvalue weighted by molar-refractivity contribution is 0.158. The molecule has 5 nitrogen and oxygen atoms in total. The highest BCUT2D eigenvalue weighted by atomic mass is 32.1. The summed E-state index contributed by atoms with van der Waals surface area (Å²) in [4.78, 5) is 0.349. The zero-order valence-corrected chi connectivity index (χ0v) is 13.7. The summed E-state index contributed by atoms with van der Waals surface area (Å²) in [6.07, 6.45) is 1.64. The standard InChI is InChI=1S/C14H24N4OS/c1-6-9-10(7-2)17-18-13(11(9)12(15)20)16-14(3,4)8-19-5/h6-8H2,1-5H3,(H2,15,20)(H,16,18). The molecule has 112 valence electrons. The van der Waals surface area contributed by atoms with Crippen molar-refractivity contribution in [3.8, 4) is 0 Å². The Bertz CT molecular complexity index is 488. The Morgan fingerprint density at radius 3 is 2.40 bits per heavy atom. The number of nitrogens with zero attached hydrogens (tertiary/aromatic N) is 2. The van der Waals surface area contributed by atoms with Gasteiger partial charge in [-0.1, -0.05) is 26.1 Å². The van der Waals surface area contributed by atoms with Crippen LogP contribution < -0.4 is 11.1 Å². The van der Waals surface area contributed by atoms with Crippen LogP contribution in [0.4, 0.5) is 5.82 Å². The lowest BCUT2D eigenvalue weighted by atomic mass is 10.0. The van der Waals surface area contributed by atoms with Crippen LogP contribution in [-0.2, 0) is 17.6 Å². The molecule has 1 aromatic rings. The lowest BCUT2D eigenvalue weighted by Gasteiger charge is -2.27. The molecule has 0 atom stereocenters. The van der Waals surface area contributed by atoms with E-state index in [2.05, 4.69) is 29.4 Å². The maximum Gasteiger partial charge on any atom is 0.159 e. The zero-order valence-electron chi connectivity index (χ0n) is 12.9. The van der Waals surface area contributed by atoms with Gasteiger partial charge in [-0.05, 0) is 32.3 Å². The van der Waals surface area contributed by atoms with Crippen molar-refractivity contribution in [1.82, 2.24) is 10.2 Å². The Hall–Kier alpha value is -1.27. The van der Waals surface area contributed by atoms with E-state index in [1.54, 1.807) is 7.11 Å². The van der Waals surface area contributed by atoms with Crippen LogP contribution in [0.2, 0.25) is 0 Å². The monoisotopic (exact) mass is 296 g/mol. The minimum Gasteiger partial charge on any atom is -0.389 e. The van der Waals surface area contributed by atoms with Crippen molar-refractivity contribution in [2.24, 2.45) is 5.73 Å². The third-order valence-electron chi connectivity index (χ3n) is 3.05. The van der Waals surface area contributed by atoms with Crippen LogP contribution in [0.5, 0.6) is 0 Å². The van der Waals surface area contributed by atoms with Crippen LogP contribution in [0.3, 0.4) is 0 Å². The predicted molar refractivity (Wildman–Crippen MR) is 86.3 cm³/mol. The highest BCUT2D eigenvalue weighted by Gasteiger charge is 2.23. The highest BCUT2D eigenvalue weighted by Crippen LogP contribution is 2.23. The molecule has 0 aromatic carbocycles. The second-order valence-corrected chi connectivity index (χ2v) is 5.80. The van der Waals surface area contributed by atoms with Crippen LogP contribution >= 0.6 is 12.2 Å². The minimum absolute atomic E-state index is 0.276. The van der Waals surface area contributed by atoms with Gasteiger partial charge in [-0.15, -0.1) is 5.10 Å². The van der Waals surface area contributed by atoms with Gasteiger partial charge in [0.1, 0.15) is 4.99 Å². The number of ether oxygens (including phenoxy) is 1. The highest BCUT2D eigenvalue weighted by molar-refractivity contribution is 7.80. The van der Waals surface area contributed by atoms with Gasteiger partial charge in [0.25, 0.3) is 0 Å². The summed E-state index contributed by atoms with van der Waals surface area (Å²) in [5.74, 6) is 0.633. The van der Waals surface area contributed by atoms with Gasteiger partial charge in [0.15, 0.2) is 5.82 Å². The van der Waals surface area contributed by atoms with Crippen LogP contribution in [0.1, 0.15) is 44.5 Å². The van der Waals surface area contributed by atoms with Gasteiger partial charge >= 0.3 is 0 Å². The fourth-order valence-electron chi connectivity index (χ4n) is 2.24. The van der Waals surface area contributed by atoms with Crippen molar-refractivity contribution in [3.63, 3.8) is 0 Å². The molecule has 0 saturated heterocycles. The van der Waals surface area contributed by atoms with Crippen molar-refractivity contribution >= 4 is 23.0 Å². The van der Waals surface area contributed by atoms with Gasteiger partial charge in [-0.3, -0.25) is 0 Å². The molecule has 0 fully saturated rings. The molecule has 0 aliphatic carbocycles. The number of hydrogen-bond donors (Lipinski definition) is 2. The fourth-order valence-corrected chi connectivity index (χ4v) is 2.46. The molecule has 3 N–H and O–H groups in total. The average molecular weight is 296 g/mol. The molecule has 0 aliphatic rings. The first-order valence-electron chi connectivity index (χ1n) is 6.81. The summed E-state index contributed by atoms with van der Waals surface area (Å²) in [5, 5.41) is 11.9. The number of aromatic nitrogens is 2. The molecule has 6 heteroatoms. The van der Waals surface area contributed by atoms with Gasteiger partial charge in [-0.25, -0.2) is 0 Å². The number of aryl methyl sites for hydroxylation is 1. The number of nitrogens with one attached hydrogen (secondary N) is 1. The van der Waals surface area contributed by atoms with Crippen molar-refractivity contribution in [2.45, 2.75) is 46.1 Å². The maximum absolute atomic E-state index is 5.90. The van der Waals surface area contributed by atoms with Crippen LogP contribution in [0, 0.1) is 0 Å². The third-order valence-corrected chi connectivity index (χ3v) is 3.26. The molecule has 0 bridgehead atoms. The number of thiocarbonyl (C=S) groups is 1. The number of rotatable bonds is 7. The normalized spacial score (nSPS) is 11.4. The van der Waals surface area contributed by atoms with Crippen molar-refractivity contribution in [2.75, 3.05) is 19.0 Å². The Labute approximate surface area is 126 Å². The first-order valence-corrected chi connectivity index (χ1v) is 7.22. The molecule has 1 aromatic heterocycles. The lowest BCUT2D eigenvalue weighted by Crippen LogP contribution is -2.37. The molecular weight excluding hydrogens is 272 g/mol. The van der Waals surface area contributed by atoms with E-state index in [-0.39, 0.29) is 5.54 Å². The van der Waals surface area contributed by atoms with Crippen molar-refractivity contribution in [1.29, 1.82) is 0 Å². The van der Waals surface area contributed by atoms with E-state index in [4.69, 9.17) is 22.7 Å². The van der Waals surface area contributed by atoms with E-state index in [9.17, 15) is 0 Å². The molecule has 0 saturated carbocycles. The van der Waals surface area contributed by atoms with Gasteiger partial charge in [0.2, 0.25) is 0 Å². The van der Waals surface area contributed by atoms with Gasteiger partial charge < -0.3 is 15.8 Å². The number of anilines is 1. The first-order chi connectivity index (χ1) is 9.36. The summed E-state index contributed by atoms with van der Waals surface area (Å²) in [5.41, 5.74) is 8.45. The minimum atomic E-state index is -0.276. The maximum atomic E-state index is 5.90. The fraction of sp³-hybridized carbons (Fsp3) is 0.643. The Balaban J connectivity index is 3.30. The Morgan fingerprint density at radius 2 is 1.95 bits per heavy atom. The predicted octanol–water partition coefficient (Wildman–Crippen LogP) is 2.07. The van der Waals surface area contributed by atoms with Crippen LogP contribution in [0.15, 0.2) is 0 Å². The molecule has 0 unspecified atom stereocenters. The SMILES string of the molecule is CCc1nnc(NC(C)(C)COC)c(C(N)=S)c1CC. The molecular formula is C14H24N4OS. The zero-order chi connectivity index (χ0) is 15.3. The smallest absolute Gasteiger partial charge is 0.159 e. The van der Waals surface area contributed by atoms with Gasteiger partial charge in [0.05, 0.1) is 23.4 Å². The average Bonchev–Trinajstić information content (AvgIpc) is 2.36. The third kappa shape index (κ3) is 3.86. The van der Waals surface area contributed by atoms with Crippen molar-refractivity contribution in [3.05, 3.63) is 16.8 Å². The largest absolute Gasteiger partial charge is 0.389 e. The second-order valence-electron chi connectivity index (χ2n) is 5.36. The van der Waals surface area contributed by atoms with E-state index in [1.165, 1.54) is 0 Å². The second kappa shape index (κ2) is 6.95. The first kappa shape index (κ1) is 16.8. The summed E-state index contributed by atoms with van der Waals surface area (Å²) < 4.78 is 5.21. The van der Waals surface area contributed by atoms with E-state index in [0.717, 1.165) is 29.7 Å². The van der Waals surface area contributed by atoms with E-state index >= 15 is 0 Å². The van der Waals surface area contributed by atoms with Gasteiger partial charge in [-0.2, -0.15) is 5.10 Å². The molecule has 0 radical (unpaired) electrons. The van der Waals surface area contributed by atoms with E-state index in [1.807, 2.05) is 13.8 Å². The number of hydrogen-bond acceptors (Lipinski definition) is 5. The van der Waals surface area contributed by atoms with Crippen molar-refractivity contribution < 1.29 is 4.74 Å². The Kier molecular flexibility index (Phi) is 5.83. The number of nitrogens with two attached hydrogens (primary N) is 1. The molecule has 0 aliphatic heterocycles. The molecule has 0 amide bonds. The summed E-state index contributed by atoms with van der Waals surface area (Å²) in [6.45, 7) is 8.72. The van der Waals surface area contributed by atoms with E-state index in [0.29, 0.717) is 17.4 Å². The van der Waals surface area contributed by atoms with Crippen LogP contribution in [0.25, 0.3) is 0 Å². The van der Waals surface area contributed by atoms with E-state index < -0.39 is 0 Å². The molecule has 20 heavy (non-hydrogen) atoms. The quantitative estimate of drug-likeness (QED) is 0.751. The topological polar surface area (TPSA) is 73.1 Å². The molecule has 1 rings (SSSR count). The number of methoxy groups -OCH3 is 1. The Morgan fingerprint density at radius 1 is 1.30 bits per heavy atom. The summed E-state index contributed by atoms with van der Waals surface area (Å²) in [6, 6.07) is 0. The van der Waals surface area contributed by atoms with Gasteiger partial charge in [0, 0.05) is 7.11 Å². The molecule has 0 spiro atoms. The molecule has 1 heterocycles. The van der Waals surface area contributed by atoms with Crippen LogP contribution in [-0.4, -0.2) is 34.4 Å².